The summed E-state index contributed by atoms with van der Waals surface area (Å²) >= 11 is 0. The summed E-state index contributed by atoms with van der Waals surface area (Å²) < 4.78 is 9.23. The van der Waals surface area contributed by atoms with E-state index >= 15 is 0 Å². The third-order valence-electron chi connectivity index (χ3n) is 5.65. The number of pyridine rings is 1. The predicted molar refractivity (Wildman–Crippen MR) is 117 cm³/mol. The smallest absolute Gasteiger partial charge is 0.217 e. The molecule has 5 rings (SSSR count). The highest BCUT2D eigenvalue weighted by Gasteiger charge is 2.28. The van der Waals surface area contributed by atoms with E-state index in [1.54, 1.807) is 13.3 Å². The first-order chi connectivity index (χ1) is 15.1. The largest absolute Gasteiger partial charge is 0.494 e. The lowest BCUT2D eigenvalue weighted by atomic mass is 10.1. The second-order valence-corrected chi connectivity index (χ2v) is 7.89. The first kappa shape index (κ1) is 19.3. The van der Waals surface area contributed by atoms with Crippen LogP contribution in [0.25, 0.3) is 28.0 Å². The Morgan fingerprint density at radius 3 is 2.84 bits per heavy atom. The van der Waals surface area contributed by atoms with Crippen molar-refractivity contribution < 1.29 is 9.53 Å². The molecule has 0 bridgehead atoms. The van der Waals surface area contributed by atoms with E-state index in [0.29, 0.717) is 25.3 Å². The van der Waals surface area contributed by atoms with Crippen molar-refractivity contribution >= 4 is 16.9 Å². The Morgan fingerprint density at radius 1 is 1.23 bits per heavy atom. The number of nitrogens with two attached hydrogens (primary N) is 1. The number of primary amides is 1. The number of rotatable bonds is 8. The number of hydrogen-bond donors (Lipinski definition) is 1. The maximum Gasteiger partial charge on any atom is 0.217 e. The number of nitrogens with zero attached hydrogens (tertiary/aromatic N) is 5. The molecule has 2 N–H and O–H groups in total. The Balaban J connectivity index is 1.52. The summed E-state index contributed by atoms with van der Waals surface area (Å²) in [4.78, 5) is 16.0. The number of benzene rings is 1. The molecule has 0 spiro atoms. The molecule has 0 atom stereocenters. The van der Waals surface area contributed by atoms with Crippen molar-refractivity contribution in [1.82, 2.24) is 24.5 Å². The van der Waals surface area contributed by atoms with E-state index in [4.69, 9.17) is 15.5 Å². The van der Waals surface area contributed by atoms with Crippen molar-refractivity contribution in [2.75, 3.05) is 7.11 Å². The van der Waals surface area contributed by atoms with Crippen molar-refractivity contribution in [3.05, 3.63) is 54.5 Å². The summed E-state index contributed by atoms with van der Waals surface area (Å²) in [5, 5.41) is 9.07. The molecule has 0 aliphatic heterocycles. The minimum atomic E-state index is -0.286. The molecule has 3 heterocycles. The zero-order valence-electron chi connectivity index (χ0n) is 17.4. The van der Waals surface area contributed by atoms with Crippen molar-refractivity contribution in [2.24, 2.45) is 5.73 Å². The van der Waals surface area contributed by atoms with Gasteiger partial charge in [-0.15, -0.1) is 0 Å². The number of aryl methyl sites for hydroxylation is 1. The molecular weight excluding hydrogens is 392 g/mol. The average Bonchev–Trinajstić information content (AvgIpc) is 3.36. The minimum absolute atomic E-state index is 0.286. The van der Waals surface area contributed by atoms with E-state index in [1.807, 2.05) is 46.0 Å². The topological polar surface area (TPSA) is 101 Å². The second kappa shape index (κ2) is 7.86. The molecule has 4 aromatic rings. The third-order valence-corrected chi connectivity index (χ3v) is 5.65. The van der Waals surface area contributed by atoms with E-state index < -0.39 is 0 Å². The first-order valence-electron chi connectivity index (χ1n) is 10.5. The summed E-state index contributed by atoms with van der Waals surface area (Å²) in [5.41, 5.74) is 11.2. The van der Waals surface area contributed by atoms with Gasteiger partial charge in [0.15, 0.2) is 0 Å². The summed E-state index contributed by atoms with van der Waals surface area (Å²) in [6, 6.07) is 9.94. The molecule has 8 heteroatoms. The van der Waals surface area contributed by atoms with E-state index in [2.05, 4.69) is 16.3 Å². The van der Waals surface area contributed by atoms with Crippen LogP contribution in [-0.4, -0.2) is 37.6 Å². The van der Waals surface area contributed by atoms with Gasteiger partial charge in [-0.1, -0.05) is 12.1 Å². The van der Waals surface area contributed by atoms with Gasteiger partial charge >= 0.3 is 0 Å². The van der Waals surface area contributed by atoms with Gasteiger partial charge in [0.25, 0.3) is 0 Å². The monoisotopic (exact) mass is 416 g/mol. The number of hydrogen-bond acceptors (Lipinski definition) is 5. The Morgan fingerprint density at radius 2 is 2.06 bits per heavy atom. The van der Waals surface area contributed by atoms with Crippen LogP contribution in [-0.2, 0) is 11.3 Å². The fourth-order valence-corrected chi connectivity index (χ4v) is 3.96. The van der Waals surface area contributed by atoms with Crippen molar-refractivity contribution in [1.29, 1.82) is 0 Å². The molecule has 3 aromatic heterocycles. The van der Waals surface area contributed by atoms with Crippen LogP contribution in [0.5, 0.6) is 5.75 Å². The van der Waals surface area contributed by atoms with E-state index in [0.717, 1.165) is 33.7 Å². The van der Waals surface area contributed by atoms with Gasteiger partial charge in [-0.3, -0.25) is 9.48 Å². The van der Waals surface area contributed by atoms with Crippen molar-refractivity contribution in [3.8, 4) is 22.7 Å². The van der Waals surface area contributed by atoms with Gasteiger partial charge in [0.05, 0.1) is 30.7 Å². The normalized spacial score (nSPS) is 13.6. The number of carbonyl (C=O) groups is 1. The van der Waals surface area contributed by atoms with Gasteiger partial charge in [-0.05, 0) is 48.9 Å². The van der Waals surface area contributed by atoms with Gasteiger partial charge in [0.2, 0.25) is 5.91 Å². The Hall–Kier alpha value is -3.68. The van der Waals surface area contributed by atoms with Crippen LogP contribution >= 0.6 is 0 Å². The fourth-order valence-electron chi connectivity index (χ4n) is 3.96. The zero-order valence-corrected chi connectivity index (χ0v) is 17.4. The molecule has 31 heavy (non-hydrogen) atoms. The van der Waals surface area contributed by atoms with E-state index in [1.165, 1.54) is 18.4 Å². The molecule has 1 aromatic carbocycles. The fraction of sp³-hybridized carbons (Fsp3) is 0.304. The molecule has 1 aliphatic rings. The lowest BCUT2D eigenvalue weighted by Crippen LogP contribution is -2.12. The SMILES string of the molecule is COc1ccccc1-n1cc(-c2cc(C3CC3)c3c(cnn3CCCC(N)=O)n2)cn1. The molecule has 8 nitrogen and oxygen atoms in total. The molecule has 0 saturated heterocycles. The zero-order chi connectivity index (χ0) is 21.4. The van der Waals surface area contributed by atoms with Crippen LogP contribution in [0.3, 0.4) is 0 Å². The number of para-hydroxylation sites is 2. The summed E-state index contributed by atoms with van der Waals surface area (Å²) in [6.45, 7) is 0.652. The van der Waals surface area contributed by atoms with Gasteiger partial charge < -0.3 is 10.5 Å². The number of carbonyl (C=O) groups excluding carboxylic acids is 1. The number of fused-ring (bicyclic) bond motifs is 1. The van der Waals surface area contributed by atoms with E-state index in [-0.39, 0.29) is 5.91 Å². The minimum Gasteiger partial charge on any atom is -0.494 e. The Bertz CT molecular complexity index is 1250. The van der Waals surface area contributed by atoms with Crippen molar-refractivity contribution in [3.63, 3.8) is 0 Å². The number of amides is 1. The molecule has 1 saturated carbocycles. The molecule has 1 amide bonds. The molecule has 1 fully saturated rings. The maximum absolute atomic E-state index is 11.1. The van der Waals surface area contributed by atoms with Gasteiger partial charge in [0, 0.05) is 24.7 Å². The van der Waals surface area contributed by atoms with Crippen LogP contribution in [0.2, 0.25) is 0 Å². The predicted octanol–water partition coefficient (Wildman–Crippen LogP) is 3.44. The lowest BCUT2D eigenvalue weighted by Gasteiger charge is -2.09. The average molecular weight is 416 g/mol. The maximum atomic E-state index is 11.1. The highest BCUT2D eigenvalue weighted by molar-refractivity contribution is 5.83. The Labute approximate surface area is 179 Å². The molecule has 0 unspecified atom stereocenters. The lowest BCUT2D eigenvalue weighted by molar-refractivity contribution is -0.118. The number of ether oxygens (including phenoxy) is 1. The van der Waals surface area contributed by atoms with Gasteiger partial charge in [0.1, 0.15) is 17.0 Å². The van der Waals surface area contributed by atoms with Crippen LogP contribution in [0.15, 0.2) is 48.9 Å². The summed E-state index contributed by atoms with van der Waals surface area (Å²) in [6.07, 6.45) is 8.97. The number of methoxy groups -OCH3 is 1. The third kappa shape index (κ3) is 3.76. The second-order valence-electron chi connectivity index (χ2n) is 7.89. The molecule has 0 radical (unpaired) electrons. The quantitative estimate of drug-likeness (QED) is 0.474. The van der Waals surface area contributed by atoms with Gasteiger partial charge in [-0.2, -0.15) is 10.2 Å². The molecule has 158 valence electrons. The standard InChI is InChI=1S/C23H24N6O2/c1-31-21-6-3-2-5-20(21)29-14-16(12-25-29)18-11-17(15-8-9-15)23-19(27-18)13-26-28(23)10-4-7-22(24)30/h2-3,5-6,11-15H,4,7-10H2,1H3,(H2,24,30). The van der Waals surface area contributed by atoms with Crippen molar-refractivity contribution in [2.45, 2.75) is 38.1 Å². The highest BCUT2D eigenvalue weighted by atomic mass is 16.5. The van der Waals surface area contributed by atoms with Crippen LogP contribution < -0.4 is 10.5 Å². The van der Waals surface area contributed by atoms with Crippen LogP contribution in [0.4, 0.5) is 0 Å². The van der Waals surface area contributed by atoms with Crippen LogP contribution in [0.1, 0.15) is 37.2 Å². The van der Waals surface area contributed by atoms with Gasteiger partial charge in [-0.25, -0.2) is 9.67 Å². The highest BCUT2D eigenvalue weighted by Crippen LogP contribution is 2.44. The molecule has 1 aliphatic carbocycles. The summed E-state index contributed by atoms with van der Waals surface area (Å²) in [5.74, 6) is 1.00. The summed E-state index contributed by atoms with van der Waals surface area (Å²) in [7, 11) is 1.65. The first-order valence-corrected chi connectivity index (χ1v) is 10.5. The number of aromatic nitrogens is 5. The molecular formula is C23H24N6O2. The van der Waals surface area contributed by atoms with Crippen LogP contribution in [0, 0.1) is 0 Å². The Kier molecular flexibility index (Phi) is 4.89. The van der Waals surface area contributed by atoms with E-state index in [9.17, 15) is 4.79 Å².